The largest absolute Gasteiger partial charge is 0.353 e. The Hall–Kier alpha value is -0.780. The number of hydrogen-bond donors (Lipinski definition) is 2. The maximum Gasteiger partial charge on any atom is 0.223 e. The molecule has 1 aliphatic rings. The summed E-state index contributed by atoms with van der Waals surface area (Å²) >= 11 is 0. The van der Waals surface area contributed by atoms with E-state index in [-0.39, 0.29) is 42.7 Å². The van der Waals surface area contributed by atoms with Crippen molar-refractivity contribution in [2.75, 3.05) is 6.54 Å². The first-order chi connectivity index (χ1) is 9.93. The fourth-order valence-electron chi connectivity index (χ4n) is 3.35. The maximum atomic E-state index is 12.4. The van der Waals surface area contributed by atoms with Crippen LogP contribution >= 0.6 is 24.8 Å². The van der Waals surface area contributed by atoms with E-state index in [0.717, 1.165) is 30.7 Å². The molecule has 1 heterocycles. The zero-order chi connectivity index (χ0) is 15.6. The molecule has 0 spiro atoms. The molecular weight excluding hydrogens is 335 g/mol. The number of hydrogen-bond acceptors (Lipinski definition) is 3. The van der Waals surface area contributed by atoms with Crippen molar-refractivity contribution in [3.8, 4) is 0 Å². The Labute approximate surface area is 151 Å². The maximum absolute atomic E-state index is 12.4. The first kappa shape index (κ1) is 22.2. The van der Waals surface area contributed by atoms with E-state index in [4.69, 9.17) is 5.73 Å². The van der Waals surface area contributed by atoms with Gasteiger partial charge in [0.1, 0.15) is 0 Å². The summed E-state index contributed by atoms with van der Waals surface area (Å²) < 4.78 is 1.89. The fraction of sp³-hybridized carbons (Fsp3) is 0.750. The van der Waals surface area contributed by atoms with Gasteiger partial charge in [0.25, 0.3) is 0 Å². The third-order valence-electron chi connectivity index (χ3n) is 4.91. The molecule has 1 aromatic rings. The number of rotatable bonds is 5. The first-order valence-corrected chi connectivity index (χ1v) is 7.93. The van der Waals surface area contributed by atoms with E-state index in [1.807, 2.05) is 25.6 Å². The van der Waals surface area contributed by atoms with Gasteiger partial charge >= 0.3 is 0 Å². The second kappa shape index (κ2) is 9.50. The highest BCUT2D eigenvalue weighted by Gasteiger charge is 2.29. The Morgan fingerprint density at radius 1 is 1.39 bits per heavy atom. The lowest BCUT2D eigenvalue weighted by molar-refractivity contribution is -0.125. The Morgan fingerprint density at radius 2 is 2.04 bits per heavy atom. The van der Waals surface area contributed by atoms with Gasteiger partial charge in [0, 0.05) is 24.7 Å². The summed E-state index contributed by atoms with van der Waals surface area (Å²) in [5, 5.41) is 7.62. The van der Waals surface area contributed by atoms with E-state index in [9.17, 15) is 4.79 Å². The molecule has 1 amide bonds. The van der Waals surface area contributed by atoms with Crippen LogP contribution in [0.1, 0.15) is 43.1 Å². The minimum absolute atomic E-state index is 0. The third kappa shape index (κ3) is 5.10. The Kier molecular flexibility index (Phi) is 9.18. The number of carbonyl (C=O) groups excluding carboxylic acids is 1. The molecule has 3 atom stereocenters. The molecule has 2 rings (SSSR count). The normalized spacial score (nSPS) is 21.3. The van der Waals surface area contributed by atoms with E-state index in [1.165, 1.54) is 12.0 Å². The lowest BCUT2D eigenvalue weighted by Crippen LogP contribution is -2.42. The van der Waals surface area contributed by atoms with Gasteiger partial charge < -0.3 is 11.1 Å². The highest BCUT2D eigenvalue weighted by Crippen LogP contribution is 2.25. The molecular formula is C16H30Cl2N4O. The van der Waals surface area contributed by atoms with Gasteiger partial charge in [-0.1, -0.05) is 13.3 Å². The van der Waals surface area contributed by atoms with Gasteiger partial charge in [0.15, 0.2) is 0 Å². The van der Waals surface area contributed by atoms with Gasteiger partial charge in [-0.2, -0.15) is 5.10 Å². The molecule has 3 N–H and O–H groups in total. The molecule has 0 aromatic carbocycles. The predicted molar refractivity (Wildman–Crippen MR) is 98.4 cm³/mol. The lowest BCUT2D eigenvalue weighted by Gasteiger charge is -2.22. The minimum atomic E-state index is -0.0365. The molecule has 23 heavy (non-hydrogen) atoms. The smallest absolute Gasteiger partial charge is 0.223 e. The number of nitrogens with one attached hydrogen (secondary N) is 1. The molecule has 134 valence electrons. The highest BCUT2D eigenvalue weighted by atomic mass is 35.5. The van der Waals surface area contributed by atoms with Gasteiger partial charge in [-0.3, -0.25) is 9.48 Å². The summed E-state index contributed by atoms with van der Waals surface area (Å²) in [6, 6.07) is 0.265. The molecule has 0 aliphatic heterocycles. The van der Waals surface area contributed by atoms with E-state index in [0.29, 0.717) is 12.5 Å². The Balaban J connectivity index is 0.00000242. The third-order valence-corrected chi connectivity index (χ3v) is 4.91. The van der Waals surface area contributed by atoms with Crippen molar-refractivity contribution in [2.24, 2.45) is 24.6 Å². The van der Waals surface area contributed by atoms with Gasteiger partial charge in [-0.15, -0.1) is 24.8 Å². The molecule has 1 fully saturated rings. The van der Waals surface area contributed by atoms with Crippen LogP contribution in [0.25, 0.3) is 0 Å². The number of halogens is 2. The van der Waals surface area contributed by atoms with Crippen molar-refractivity contribution in [3.63, 3.8) is 0 Å². The van der Waals surface area contributed by atoms with Crippen molar-refractivity contribution < 1.29 is 4.79 Å². The number of aromatic nitrogens is 2. The average molecular weight is 365 g/mol. The van der Waals surface area contributed by atoms with Crippen LogP contribution < -0.4 is 11.1 Å². The van der Waals surface area contributed by atoms with Crippen molar-refractivity contribution >= 4 is 30.7 Å². The van der Waals surface area contributed by atoms with Crippen molar-refractivity contribution in [2.45, 2.75) is 52.5 Å². The van der Waals surface area contributed by atoms with Gasteiger partial charge in [0.05, 0.1) is 5.69 Å². The van der Waals surface area contributed by atoms with Crippen LogP contribution in [0.5, 0.6) is 0 Å². The molecule has 0 radical (unpaired) electrons. The lowest BCUT2D eigenvalue weighted by atomic mass is 9.97. The number of nitrogens with two attached hydrogens (primary N) is 1. The molecule has 3 unspecified atom stereocenters. The zero-order valence-electron chi connectivity index (χ0n) is 14.5. The van der Waals surface area contributed by atoms with E-state index >= 15 is 0 Å². The van der Waals surface area contributed by atoms with Gasteiger partial charge in [0.2, 0.25) is 5.91 Å². The highest BCUT2D eigenvalue weighted by molar-refractivity contribution is 5.85. The summed E-state index contributed by atoms with van der Waals surface area (Å²) in [5.41, 5.74) is 9.15. The van der Waals surface area contributed by atoms with Crippen molar-refractivity contribution in [3.05, 3.63) is 17.0 Å². The van der Waals surface area contributed by atoms with Crippen LogP contribution in [0, 0.1) is 25.7 Å². The molecule has 1 aliphatic carbocycles. The summed E-state index contributed by atoms with van der Waals surface area (Å²) in [6.45, 7) is 6.73. The van der Waals surface area contributed by atoms with Crippen molar-refractivity contribution in [1.29, 1.82) is 0 Å². The Morgan fingerprint density at radius 3 is 2.57 bits per heavy atom. The van der Waals surface area contributed by atoms with Crippen LogP contribution in [-0.2, 0) is 18.3 Å². The van der Waals surface area contributed by atoms with Crippen LogP contribution in [0.2, 0.25) is 0 Å². The second-order valence-electron chi connectivity index (χ2n) is 6.42. The van der Waals surface area contributed by atoms with Crippen LogP contribution in [-0.4, -0.2) is 28.3 Å². The van der Waals surface area contributed by atoms with Gasteiger partial charge in [-0.25, -0.2) is 0 Å². The molecule has 5 nitrogen and oxygen atoms in total. The topological polar surface area (TPSA) is 72.9 Å². The Bertz CT molecular complexity index is 518. The number of aryl methyl sites for hydroxylation is 2. The summed E-state index contributed by atoms with van der Waals surface area (Å²) in [5.74, 6) is 0.552. The average Bonchev–Trinajstić information content (AvgIpc) is 2.98. The fourth-order valence-corrected chi connectivity index (χ4v) is 3.35. The molecule has 0 bridgehead atoms. The summed E-state index contributed by atoms with van der Waals surface area (Å²) in [7, 11) is 1.95. The molecule has 7 heteroatoms. The molecule has 1 saturated carbocycles. The SMILES string of the molecule is Cc1nn(C)c(C)c1CC(C)C(=O)NC1CCCC1CN.Cl.Cl. The zero-order valence-corrected chi connectivity index (χ0v) is 16.1. The monoisotopic (exact) mass is 364 g/mol. The molecule has 0 saturated heterocycles. The van der Waals surface area contributed by atoms with Crippen molar-refractivity contribution in [1.82, 2.24) is 15.1 Å². The second-order valence-corrected chi connectivity index (χ2v) is 6.42. The quantitative estimate of drug-likeness (QED) is 0.841. The summed E-state index contributed by atoms with van der Waals surface area (Å²) in [6.07, 6.45) is 4.11. The number of nitrogens with zero attached hydrogens (tertiary/aromatic N) is 2. The van der Waals surface area contributed by atoms with E-state index in [2.05, 4.69) is 17.3 Å². The first-order valence-electron chi connectivity index (χ1n) is 7.93. The van der Waals surface area contributed by atoms with E-state index < -0.39 is 0 Å². The van der Waals surface area contributed by atoms with Crippen LogP contribution in [0.3, 0.4) is 0 Å². The predicted octanol–water partition coefficient (Wildman–Crippen LogP) is 2.30. The van der Waals surface area contributed by atoms with Crippen LogP contribution in [0.15, 0.2) is 0 Å². The minimum Gasteiger partial charge on any atom is -0.353 e. The van der Waals surface area contributed by atoms with E-state index in [1.54, 1.807) is 0 Å². The number of amides is 1. The summed E-state index contributed by atoms with van der Waals surface area (Å²) in [4.78, 5) is 12.4. The van der Waals surface area contributed by atoms with Crippen LogP contribution in [0.4, 0.5) is 0 Å². The number of carbonyl (C=O) groups is 1. The standard InChI is InChI=1S/C16H28N4O.2ClH/c1-10(8-14-11(2)19-20(4)12(14)3)16(21)18-15-7-5-6-13(15)9-17;;/h10,13,15H,5-9,17H2,1-4H3,(H,18,21);2*1H. The molecule has 1 aromatic heterocycles. The van der Waals surface area contributed by atoms with Gasteiger partial charge in [-0.05, 0) is 51.1 Å².